The summed E-state index contributed by atoms with van der Waals surface area (Å²) >= 11 is 0. The van der Waals surface area contributed by atoms with Gasteiger partial charge >= 0.3 is 19.5 Å². The van der Waals surface area contributed by atoms with Crippen LogP contribution in [0.5, 0.6) is 0 Å². The average Bonchev–Trinajstić information content (AvgIpc) is 3.23. The SMILES string of the molecule is COP(=O)(C[C@@H]1O[C@@](O)(COCc2ccccc2)C(OC(=O)c2ccccc2)[C@H]1OC(=O)c1ccccc1)OC. The molecule has 1 aliphatic heterocycles. The number of aliphatic hydroxyl groups is 1. The zero-order valence-electron chi connectivity index (χ0n) is 22.1. The number of carbonyl (C=O) groups excluding carboxylic acids is 2. The summed E-state index contributed by atoms with van der Waals surface area (Å²) in [4.78, 5) is 26.2. The Morgan fingerprint density at radius 1 is 0.825 bits per heavy atom. The van der Waals surface area contributed by atoms with Crippen LogP contribution in [0.1, 0.15) is 26.3 Å². The van der Waals surface area contributed by atoms with Crippen LogP contribution in [0.4, 0.5) is 0 Å². The molecule has 0 bridgehead atoms. The Morgan fingerprint density at radius 2 is 1.32 bits per heavy atom. The van der Waals surface area contributed by atoms with Gasteiger partial charge in [-0.05, 0) is 29.8 Å². The van der Waals surface area contributed by atoms with E-state index in [2.05, 4.69) is 0 Å². The Bertz CT molecular complexity index is 1300. The van der Waals surface area contributed by atoms with E-state index in [0.717, 1.165) is 5.56 Å². The summed E-state index contributed by atoms with van der Waals surface area (Å²) in [7, 11) is -1.34. The average molecular weight is 571 g/mol. The van der Waals surface area contributed by atoms with Crippen molar-refractivity contribution < 1.29 is 47.3 Å². The lowest BCUT2D eigenvalue weighted by atomic mass is 10.0. The van der Waals surface area contributed by atoms with Crippen LogP contribution in [-0.2, 0) is 39.2 Å². The molecule has 1 N–H and O–H groups in total. The van der Waals surface area contributed by atoms with Gasteiger partial charge in [0.1, 0.15) is 12.7 Å². The highest BCUT2D eigenvalue weighted by Gasteiger charge is 2.60. The minimum atomic E-state index is -3.74. The lowest BCUT2D eigenvalue weighted by Crippen LogP contribution is -2.50. The van der Waals surface area contributed by atoms with Crippen LogP contribution in [-0.4, -0.2) is 68.1 Å². The molecule has 1 fully saturated rings. The van der Waals surface area contributed by atoms with Gasteiger partial charge in [0.05, 0.1) is 23.9 Å². The maximum atomic E-state index is 13.1. The zero-order valence-corrected chi connectivity index (χ0v) is 23.0. The van der Waals surface area contributed by atoms with Crippen LogP contribution in [0.15, 0.2) is 91.0 Å². The van der Waals surface area contributed by atoms with Crippen molar-refractivity contribution in [3.05, 3.63) is 108 Å². The highest BCUT2D eigenvalue weighted by molar-refractivity contribution is 7.53. The number of esters is 2. The first-order chi connectivity index (χ1) is 19.3. The topological polar surface area (TPSA) is 127 Å². The van der Waals surface area contributed by atoms with Crippen molar-refractivity contribution in [2.24, 2.45) is 0 Å². The van der Waals surface area contributed by atoms with Crippen molar-refractivity contribution in [3.8, 4) is 0 Å². The molecule has 11 heteroatoms. The Kier molecular flexibility index (Phi) is 9.86. The first kappa shape index (κ1) is 29.6. The highest BCUT2D eigenvalue weighted by atomic mass is 31.2. The predicted molar refractivity (Wildman–Crippen MR) is 144 cm³/mol. The third-order valence-corrected chi connectivity index (χ3v) is 8.26. The Balaban J connectivity index is 1.66. The lowest BCUT2D eigenvalue weighted by Gasteiger charge is -2.29. The smallest absolute Gasteiger partial charge is 0.338 e. The van der Waals surface area contributed by atoms with Gasteiger partial charge in [-0.3, -0.25) is 4.57 Å². The first-order valence-electron chi connectivity index (χ1n) is 12.5. The molecule has 0 saturated carbocycles. The highest BCUT2D eigenvalue weighted by Crippen LogP contribution is 2.50. The van der Waals surface area contributed by atoms with Gasteiger partial charge in [-0.25, -0.2) is 9.59 Å². The van der Waals surface area contributed by atoms with E-state index in [0.29, 0.717) is 0 Å². The molecule has 40 heavy (non-hydrogen) atoms. The second-order valence-corrected chi connectivity index (χ2v) is 11.4. The summed E-state index contributed by atoms with van der Waals surface area (Å²) in [6.45, 7) is -0.353. The van der Waals surface area contributed by atoms with Crippen molar-refractivity contribution in [1.29, 1.82) is 0 Å². The van der Waals surface area contributed by atoms with Crippen molar-refractivity contribution in [2.75, 3.05) is 27.0 Å². The van der Waals surface area contributed by atoms with E-state index in [1.54, 1.807) is 48.5 Å². The summed E-state index contributed by atoms with van der Waals surface area (Å²) in [5.74, 6) is -3.84. The molecule has 4 rings (SSSR count). The van der Waals surface area contributed by atoms with Gasteiger partial charge in [0.2, 0.25) is 5.79 Å². The van der Waals surface area contributed by atoms with Crippen LogP contribution >= 0.6 is 7.60 Å². The van der Waals surface area contributed by atoms with Gasteiger partial charge < -0.3 is 33.1 Å². The third kappa shape index (κ3) is 7.22. The van der Waals surface area contributed by atoms with Gasteiger partial charge in [0.25, 0.3) is 0 Å². The van der Waals surface area contributed by atoms with Crippen LogP contribution < -0.4 is 0 Å². The fourth-order valence-electron chi connectivity index (χ4n) is 4.26. The second kappa shape index (κ2) is 13.3. The Hall–Kier alpha value is -3.37. The van der Waals surface area contributed by atoms with Crippen molar-refractivity contribution in [2.45, 2.75) is 30.7 Å². The van der Waals surface area contributed by atoms with Gasteiger partial charge in [-0.1, -0.05) is 66.7 Å². The minimum absolute atomic E-state index is 0.111. The molecule has 10 nitrogen and oxygen atoms in total. The Labute approximate surface area is 232 Å². The van der Waals surface area contributed by atoms with Gasteiger partial charge in [-0.2, -0.15) is 0 Å². The van der Waals surface area contributed by atoms with E-state index in [1.165, 1.54) is 26.4 Å². The Morgan fingerprint density at radius 3 is 1.85 bits per heavy atom. The standard InChI is InChI=1S/C29H31O10P/c1-34-40(33,35-2)19-24-25(37-27(30)22-14-8-4-9-15-22)26(38-28(31)23-16-10-5-11-17-23)29(32,39-24)20-36-18-21-12-6-3-7-13-21/h3-17,24-26,32H,18-20H2,1-2H3/t24-,25-,26?,29-/m0/s1. The molecule has 1 saturated heterocycles. The molecular weight excluding hydrogens is 539 g/mol. The fraction of sp³-hybridized carbons (Fsp3) is 0.310. The van der Waals surface area contributed by atoms with Crippen LogP contribution in [0, 0.1) is 0 Å². The molecule has 0 aliphatic carbocycles. The number of hydrogen-bond donors (Lipinski definition) is 1. The van der Waals surface area contributed by atoms with E-state index in [4.69, 9.17) is 28.0 Å². The number of carbonyl (C=O) groups is 2. The summed E-state index contributed by atoms with van der Waals surface area (Å²) in [6, 6.07) is 25.5. The predicted octanol–water partition coefficient (Wildman–Crippen LogP) is 4.23. The molecular formula is C29H31O10P. The fourth-order valence-corrected chi connectivity index (χ4v) is 5.43. The van der Waals surface area contributed by atoms with E-state index in [9.17, 15) is 19.3 Å². The van der Waals surface area contributed by atoms with Gasteiger partial charge in [-0.15, -0.1) is 0 Å². The van der Waals surface area contributed by atoms with Crippen molar-refractivity contribution in [1.82, 2.24) is 0 Å². The van der Waals surface area contributed by atoms with E-state index in [-0.39, 0.29) is 17.7 Å². The summed E-state index contributed by atoms with van der Waals surface area (Å²) in [6.07, 6.45) is -4.62. The molecule has 4 atom stereocenters. The molecule has 0 spiro atoms. The molecule has 3 aromatic rings. The van der Waals surface area contributed by atoms with Crippen LogP contribution in [0.2, 0.25) is 0 Å². The summed E-state index contributed by atoms with van der Waals surface area (Å²) in [5, 5.41) is 11.7. The molecule has 0 aromatic heterocycles. The lowest BCUT2D eigenvalue weighted by molar-refractivity contribution is -0.252. The number of benzene rings is 3. The van der Waals surface area contributed by atoms with E-state index < -0.39 is 56.4 Å². The zero-order chi connectivity index (χ0) is 28.6. The van der Waals surface area contributed by atoms with E-state index >= 15 is 0 Å². The first-order valence-corrected chi connectivity index (χ1v) is 14.2. The molecule has 1 unspecified atom stereocenters. The molecule has 0 radical (unpaired) electrons. The third-order valence-electron chi connectivity index (χ3n) is 6.34. The van der Waals surface area contributed by atoms with Crippen LogP contribution in [0.25, 0.3) is 0 Å². The number of ether oxygens (including phenoxy) is 4. The summed E-state index contributed by atoms with van der Waals surface area (Å²) < 4.78 is 46.4. The normalized spacial score (nSPS) is 22.5. The quantitative estimate of drug-likeness (QED) is 0.250. The molecule has 1 heterocycles. The number of rotatable bonds is 12. The van der Waals surface area contributed by atoms with Crippen molar-refractivity contribution in [3.63, 3.8) is 0 Å². The summed E-state index contributed by atoms with van der Waals surface area (Å²) in [5.41, 5.74) is 1.24. The minimum Gasteiger partial charge on any atom is -0.452 e. The van der Waals surface area contributed by atoms with Gasteiger partial charge in [0.15, 0.2) is 12.2 Å². The molecule has 212 valence electrons. The largest absolute Gasteiger partial charge is 0.452 e. The molecule has 0 amide bonds. The van der Waals surface area contributed by atoms with E-state index in [1.807, 2.05) is 30.3 Å². The maximum absolute atomic E-state index is 13.1. The molecule has 3 aromatic carbocycles. The van der Waals surface area contributed by atoms with Gasteiger partial charge in [0, 0.05) is 14.2 Å². The monoisotopic (exact) mass is 570 g/mol. The maximum Gasteiger partial charge on any atom is 0.338 e. The van der Waals surface area contributed by atoms with Crippen molar-refractivity contribution >= 4 is 19.5 Å². The van der Waals surface area contributed by atoms with Crippen LogP contribution in [0.3, 0.4) is 0 Å². The molecule has 1 aliphatic rings. The number of hydrogen-bond acceptors (Lipinski definition) is 10. The second-order valence-electron chi connectivity index (χ2n) is 9.07.